The Bertz CT molecular complexity index is 1440. The van der Waals surface area contributed by atoms with Gasteiger partial charge >= 0.3 is 23.9 Å². The number of ether oxygens (including phenoxy) is 5. The molecule has 1 rings (SSSR count). The first-order chi connectivity index (χ1) is 33.6. The Morgan fingerprint density at radius 1 is 0.493 bits per heavy atom. The van der Waals surface area contributed by atoms with E-state index in [1.165, 1.54) is 70.6 Å². The Kier molecular flexibility index (Phi) is 41.9. The number of carbonyl (C=O) groups excluding carboxylic acids is 3. The molecule has 1 aliphatic rings. The van der Waals surface area contributed by atoms with Crippen LogP contribution in [0, 0.1) is 0 Å². The second-order valence-electron chi connectivity index (χ2n) is 18.5. The Hall–Kier alpha value is -3.58. The fourth-order valence-electron chi connectivity index (χ4n) is 7.87. The number of hydrogen-bond acceptors (Lipinski definition) is 11. The molecule has 0 radical (unpaired) electrons. The van der Waals surface area contributed by atoms with Crippen LogP contribution in [-0.4, -0.2) is 89.2 Å². The predicted molar refractivity (Wildman–Crippen MR) is 275 cm³/mol. The molecule has 6 unspecified atom stereocenters. The molecule has 69 heavy (non-hydrogen) atoms. The molecule has 12 heteroatoms. The Balaban J connectivity index is 2.74. The maximum atomic E-state index is 13.1. The number of hydrogen-bond donors (Lipinski definition) is 3. The van der Waals surface area contributed by atoms with Gasteiger partial charge in [-0.3, -0.25) is 14.4 Å². The molecule has 1 heterocycles. The minimum Gasteiger partial charge on any atom is -0.479 e. The number of aliphatic hydroxyl groups is 2. The summed E-state index contributed by atoms with van der Waals surface area (Å²) in [6.45, 7) is 5.79. The highest BCUT2D eigenvalue weighted by Gasteiger charge is 2.50. The van der Waals surface area contributed by atoms with Crippen molar-refractivity contribution in [3.8, 4) is 0 Å². The molecule has 3 N–H and O–H groups in total. The van der Waals surface area contributed by atoms with Crippen LogP contribution in [0.2, 0.25) is 0 Å². The normalized spacial score (nSPS) is 19.1. The Morgan fingerprint density at radius 2 is 0.928 bits per heavy atom. The summed E-state index contributed by atoms with van der Waals surface area (Å²) in [4.78, 5) is 50.9. The van der Waals surface area contributed by atoms with E-state index in [1.54, 1.807) is 0 Å². The number of aliphatic hydroxyl groups excluding tert-OH is 2. The summed E-state index contributed by atoms with van der Waals surface area (Å²) < 4.78 is 28.3. The van der Waals surface area contributed by atoms with Crippen molar-refractivity contribution in [2.24, 2.45) is 0 Å². The minimum absolute atomic E-state index is 0.00740. The molecule has 0 saturated carbocycles. The van der Waals surface area contributed by atoms with E-state index in [1.807, 2.05) is 0 Å². The van der Waals surface area contributed by atoms with E-state index < -0.39 is 67.3 Å². The number of carboxylic acid groups (broad SMARTS) is 1. The van der Waals surface area contributed by atoms with Crippen LogP contribution < -0.4 is 0 Å². The van der Waals surface area contributed by atoms with Crippen LogP contribution in [0.3, 0.4) is 0 Å². The van der Waals surface area contributed by atoms with Crippen LogP contribution >= 0.6 is 0 Å². The van der Waals surface area contributed by atoms with Crippen LogP contribution in [0.4, 0.5) is 0 Å². The van der Waals surface area contributed by atoms with Gasteiger partial charge in [-0.25, -0.2) is 4.79 Å². The van der Waals surface area contributed by atoms with Crippen molar-refractivity contribution in [1.82, 2.24) is 0 Å². The predicted octanol–water partition coefficient (Wildman–Crippen LogP) is 13.2. The molecule has 0 aromatic heterocycles. The van der Waals surface area contributed by atoms with E-state index in [4.69, 9.17) is 23.7 Å². The summed E-state index contributed by atoms with van der Waals surface area (Å²) in [5.41, 5.74) is 0. The first kappa shape index (κ1) is 63.4. The minimum atomic E-state index is -1.92. The van der Waals surface area contributed by atoms with Gasteiger partial charge in [-0.2, -0.15) is 0 Å². The fourth-order valence-corrected chi connectivity index (χ4v) is 7.87. The van der Waals surface area contributed by atoms with Gasteiger partial charge in [-0.05, 0) is 77.0 Å². The number of carbonyl (C=O) groups is 4. The molecule has 0 aromatic rings. The Labute approximate surface area is 417 Å². The summed E-state index contributed by atoms with van der Waals surface area (Å²) in [5, 5.41) is 31.3. The second kappa shape index (κ2) is 45.6. The van der Waals surface area contributed by atoms with Crippen LogP contribution in [0.15, 0.2) is 60.8 Å². The lowest BCUT2D eigenvalue weighted by Gasteiger charge is -2.40. The number of aliphatic carboxylic acids is 1. The van der Waals surface area contributed by atoms with Gasteiger partial charge in [0.25, 0.3) is 0 Å². The van der Waals surface area contributed by atoms with Gasteiger partial charge in [0.15, 0.2) is 24.6 Å². The highest BCUT2D eigenvalue weighted by molar-refractivity contribution is 5.74. The highest BCUT2D eigenvalue weighted by Crippen LogP contribution is 2.26. The van der Waals surface area contributed by atoms with Gasteiger partial charge in [0.05, 0.1) is 6.61 Å². The van der Waals surface area contributed by atoms with E-state index >= 15 is 0 Å². The van der Waals surface area contributed by atoms with Gasteiger partial charge in [0, 0.05) is 19.3 Å². The molecule has 0 aromatic carbocycles. The maximum absolute atomic E-state index is 13.1. The van der Waals surface area contributed by atoms with E-state index in [-0.39, 0.29) is 25.9 Å². The molecule has 1 saturated heterocycles. The third-order valence-electron chi connectivity index (χ3n) is 12.1. The first-order valence-electron chi connectivity index (χ1n) is 27.3. The van der Waals surface area contributed by atoms with Crippen LogP contribution in [0.5, 0.6) is 0 Å². The quantitative estimate of drug-likeness (QED) is 0.0228. The lowest BCUT2D eigenvalue weighted by molar-refractivity contribution is -0.301. The summed E-state index contributed by atoms with van der Waals surface area (Å²) in [6, 6.07) is 0. The molecular formula is C57H96O12. The second-order valence-corrected chi connectivity index (χ2v) is 18.5. The maximum Gasteiger partial charge on any atom is 0.335 e. The van der Waals surface area contributed by atoms with E-state index in [0.29, 0.717) is 25.7 Å². The molecule has 6 atom stereocenters. The molecule has 0 amide bonds. The largest absolute Gasteiger partial charge is 0.479 e. The third-order valence-corrected chi connectivity index (χ3v) is 12.1. The highest BCUT2D eigenvalue weighted by atomic mass is 16.7. The molecule has 1 fully saturated rings. The summed E-state index contributed by atoms with van der Waals surface area (Å²) >= 11 is 0. The Morgan fingerprint density at radius 3 is 1.48 bits per heavy atom. The van der Waals surface area contributed by atoms with Crippen molar-refractivity contribution >= 4 is 23.9 Å². The fraction of sp³-hybridized carbons (Fsp3) is 0.754. The number of esters is 3. The van der Waals surface area contributed by atoms with Gasteiger partial charge in [0.1, 0.15) is 18.8 Å². The topological polar surface area (TPSA) is 175 Å². The molecule has 396 valence electrons. The van der Waals surface area contributed by atoms with E-state index in [0.717, 1.165) is 89.9 Å². The van der Waals surface area contributed by atoms with Crippen LogP contribution in [0.25, 0.3) is 0 Å². The van der Waals surface area contributed by atoms with Crippen molar-refractivity contribution in [1.29, 1.82) is 0 Å². The molecule has 0 spiro atoms. The van der Waals surface area contributed by atoms with Crippen molar-refractivity contribution in [2.45, 2.75) is 263 Å². The van der Waals surface area contributed by atoms with Gasteiger partial charge < -0.3 is 39.0 Å². The molecule has 0 bridgehead atoms. The van der Waals surface area contributed by atoms with Crippen molar-refractivity contribution in [3.63, 3.8) is 0 Å². The number of carboxylic acids is 1. The summed E-state index contributed by atoms with van der Waals surface area (Å²) in [7, 11) is 0. The van der Waals surface area contributed by atoms with Crippen molar-refractivity contribution in [2.75, 3.05) is 13.2 Å². The van der Waals surface area contributed by atoms with Crippen LogP contribution in [0.1, 0.15) is 226 Å². The smallest absolute Gasteiger partial charge is 0.335 e. The third kappa shape index (κ3) is 36.1. The monoisotopic (exact) mass is 973 g/mol. The lowest BCUT2D eigenvalue weighted by atomic mass is 9.98. The number of allylic oxidation sites excluding steroid dienone is 10. The van der Waals surface area contributed by atoms with Crippen molar-refractivity contribution < 1.29 is 58.2 Å². The molecule has 0 aliphatic carbocycles. The van der Waals surface area contributed by atoms with Gasteiger partial charge in [-0.1, -0.05) is 191 Å². The number of unbranched alkanes of at least 4 members (excludes halogenated alkanes) is 21. The zero-order valence-electron chi connectivity index (χ0n) is 43.3. The van der Waals surface area contributed by atoms with E-state index in [2.05, 4.69) is 81.5 Å². The van der Waals surface area contributed by atoms with Gasteiger partial charge in [-0.15, -0.1) is 0 Å². The molecule has 1 aliphatic heterocycles. The average Bonchev–Trinajstić information content (AvgIpc) is 3.33. The van der Waals surface area contributed by atoms with Crippen molar-refractivity contribution in [3.05, 3.63) is 60.8 Å². The summed E-state index contributed by atoms with van der Waals surface area (Å²) in [6.07, 6.45) is 42.1. The zero-order valence-corrected chi connectivity index (χ0v) is 43.3. The average molecular weight is 973 g/mol. The zero-order chi connectivity index (χ0) is 50.4. The first-order valence-corrected chi connectivity index (χ1v) is 27.3. The standard InChI is InChI=1S/C57H96O12/c1-4-7-10-13-16-19-22-24-25-27-30-33-36-39-42-45-51(60)68-55-53(62)52(61)54(56(63)64)69-57(55)66-47-48(67-50(59)44-41-38-35-32-28-21-18-15-12-9-6-3)46-65-49(58)43-40-37-34-31-29-26-23-20-17-14-11-8-5-2/h7,10,15-16,18-19,24-25,30,33,48,52-55,57,61-62H,4-6,8-9,11-14,17,20-23,26-29,31-32,34-47H2,1-3H3,(H,63,64)/b10-7-,18-15-,19-16-,25-24-,33-30-. The van der Waals surface area contributed by atoms with Gasteiger partial charge in [0.2, 0.25) is 0 Å². The van der Waals surface area contributed by atoms with Crippen LogP contribution in [-0.2, 0) is 42.9 Å². The summed E-state index contributed by atoms with van der Waals surface area (Å²) in [5.74, 6) is -3.18. The number of rotatable bonds is 45. The lowest BCUT2D eigenvalue weighted by Crippen LogP contribution is -2.61. The molecular weight excluding hydrogens is 877 g/mol. The van der Waals surface area contributed by atoms with E-state index in [9.17, 15) is 34.5 Å². The molecule has 12 nitrogen and oxygen atoms in total. The SMILES string of the molecule is CC/C=C\C/C=C\C/C=C\C/C=C\CCCCC(=O)OC1C(OCC(COC(=O)CCCCCCCCCCCCCCC)OC(=O)CCCCCCC/C=C\CCCC)OC(C(=O)O)C(O)C1O.